The fourth-order valence-corrected chi connectivity index (χ4v) is 6.26. The normalized spacial score (nSPS) is 12.9. The topological polar surface area (TPSA) is 80.5 Å². The highest BCUT2D eigenvalue weighted by Crippen LogP contribution is 2.34. The van der Waals surface area contributed by atoms with E-state index in [0.717, 1.165) is 59.6 Å². The summed E-state index contributed by atoms with van der Waals surface area (Å²) in [6, 6.07) is 21.5. The van der Waals surface area contributed by atoms with Crippen LogP contribution in [0.25, 0.3) is 22.2 Å². The number of furan rings is 1. The van der Waals surface area contributed by atoms with Gasteiger partial charge in [-0.25, -0.2) is 14.4 Å². The molecule has 2 aromatic heterocycles. The van der Waals surface area contributed by atoms with Gasteiger partial charge in [0.2, 0.25) is 0 Å². The molecular formula is C34H36ClFN4O3S. The monoisotopic (exact) mass is 634 g/mol. The predicted octanol–water partition coefficient (Wildman–Crippen LogP) is 8.55. The van der Waals surface area contributed by atoms with Gasteiger partial charge < -0.3 is 14.5 Å². The Bertz CT molecular complexity index is 1740. The molecule has 0 aliphatic heterocycles. The number of fused-ring (bicyclic) bond motifs is 1. The van der Waals surface area contributed by atoms with Crippen molar-refractivity contribution >= 4 is 44.8 Å². The summed E-state index contributed by atoms with van der Waals surface area (Å²) >= 11 is 6.53. The molecule has 0 saturated heterocycles. The SMILES string of the molecule is CCCN(CCC)C(CS(C)=O)c1ccc(-c2ccc3ncnc(Nc4ccc(OCc5cccc(F)c5)c(Cl)c4)c3c2)o1. The maximum Gasteiger partial charge on any atom is 0.141 e. The molecule has 0 aliphatic carbocycles. The van der Waals surface area contributed by atoms with Gasteiger partial charge >= 0.3 is 0 Å². The summed E-state index contributed by atoms with van der Waals surface area (Å²) < 4.78 is 38.0. The number of rotatable bonds is 14. The van der Waals surface area contributed by atoms with E-state index in [2.05, 4.69) is 34.0 Å². The van der Waals surface area contributed by atoms with Crippen LogP contribution >= 0.6 is 11.6 Å². The molecule has 44 heavy (non-hydrogen) atoms. The van der Waals surface area contributed by atoms with Gasteiger partial charge in [-0.15, -0.1) is 0 Å². The first-order valence-corrected chi connectivity index (χ1v) is 16.8. The van der Waals surface area contributed by atoms with Gasteiger partial charge in [0.15, 0.2) is 0 Å². The third kappa shape index (κ3) is 7.83. The van der Waals surface area contributed by atoms with Crippen LogP contribution in [0.15, 0.2) is 83.5 Å². The summed E-state index contributed by atoms with van der Waals surface area (Å²) in [5.41, 5.74) is 3.09. The molecule has 2 unspecified atom stereocenters. The van der Waals surface area contributed by atoms with Gasteiger partial charge in [-0.1, -0.05) is 37.6 Å². The highest BCUT2D eigenvalue weighted by Gasteiger charge is 2.24. The van der Waals surface area contributed by atoms with Crippen LogP contribution in [0.2, 0.25) is 5.02 Å². The molecule has 5 rings (SSSR count). The number of halogens is 2. The van der Waals surface area contributed by atoms with E-state index in [1.807, 2.05) is 36.4 Å². The van der Waals surface area contributed by atoms with Crippen molar-refractivity contribution in [1.82, 2.24) is 14.9 Å². The van der Waals surface area contributed by atoms with E-state index < -0.39 is 10.8 Å². The number of aromatic nitrogens is 2. The molecule has 3 aromatic carbocycles. The Kier molecular flexibility index (Phi) is 10.6. The van der Waals surface area contributed by atoms with Crippen molar-refractivity contribution in [3.63, 3.8) is 0 Å². The lowest BCUT2D eigenvalue weighted by Crippen LogP contribution is -2.33. The molecule has 10 heteroatoms. The fourth-order valence-electron chi connectivity index (χ4n) is 5.20. The van der Waals surface area contributed by atoms with Gasteiger partial charge in [0.1, 0.15) is 41.8 Å². The third-order valence-electron chi connectivity index (χ3n) is 7.21. The molecule has 0 aliphatic rings. The second kappa shape index (κ2) is 14.8. The molecule has 0 fully saturated rings. The van der Waals surface area contributed by atoms with Gasteiger partial charge in [0, 0.05) is 39.4 Å². The molecule has 7 nitrogen and oxygen atoms in total. The Morgan fingerprint density at radius 3 is 2.57 bits per heavy atom. The standard InChI is InChI=1S/C34H36ClFN4O3S/c1-4-15-40(16-5-2)30(21-44(3)41)33-14-13-31(43-33)24-9-11-29-27(18-24)34(38-22-37-29)39-26-10-12-32(28(35)19-26)42-20-23-7-6-8-25(36)17-23/h6-14,17-19,22,30H,4-5,15-16,20-21H2,1-3H3,(H,37,38,39). The van der Waals surface area contributed by atoms with E-state index in [9.17, 15) is 8.60 Å². The minimum absolute atomic E-state index is 0.0546. The molecule has 230 valence electrons. The summed E-state index contributed by atoms with van der Waals surface area (Å²) in [6.07, 6.45) is 5.28. The lowest BCUT2D eigenvalue weighted by atomic mass is 10.1. The highest BCUT2D eigenvalue weighted by atomic mass is 35.5. The number of nitrogens with one attached hydrogen (secondary N) is 1. The first kappa shape index (κ1) is 31.6. The average Bonchev–Trinajstić information content (AvgIpc) is 3.50. The number of anilines is 2. The Morgan fingerprint density at radius 2 is 1.84 bits per heavy atom. The van der Waals surface area contributed by atoms with Crippen molar-refractivity contribution in [1.29, 1.82) is 0 Å². The Balaban J connectivity index is 1.37. The number of benzene rings is 3. The first-order chi connectivity index (χ1) is 21.3. The molecule has 2 atom stereocenters. The van der Waals surface area contributed by atoms with Crippen LogP contribution in [0.5, 0.6) is 5.75 Å². The van der Waals surface area contributed by atoms with Crippen molar-refractivity contribution in [3.05, 3.63) is 101 Å². The van der Waals surface area contributed by atoms with Crippen LogP contribution in [-0.4, -0.2) is 44.2 Å². The summed E-state index contributed by atoms with van der Waals surface area (Å²) in [6.45, 7) is 6.34. The summed E-state index contributed by atoms with van der Waals surface area (Å²) in [4.78, 5) is 11.3. The van der Waals surface area contributed by atoms with Crippen LogP contribution in [0.1, 0.15) is 44.1 Å². The first-order valence-electron chi connectivity index (χ1n) is 14.7. The van der Waals surface area contributed by atoms with Crippen LogP contribution in [0, 0.1) is 5.82 Å². The van der Waals surface area contributed by atoms with Crippen molar-refractivity contribution in [3.8, 4) is 17.1 Å². The minimum Gasteiger partial charge on any atom is -0.487 e. The summed E-state index contributed by atoms with van der Waals surface area (Å²) in [7, 11) is -0.972. The van der Waals surface area contributed by atoms with E-state index in [4.69, 9.17) is 20.8 Å². The molecule has 0 spiro atoms. The van der Waals surface area contributed by atoms with Gasteiger partial charge in [-0.05, 0) is 92.2 Å². The van der Waals surface area contributed by atoms with Crippen LogP contribution in [0.3, 0.4) is 0 Å². The van der Waals surface area contributed by atoms with Crippen LogP contribution in [-0.2, 0) is 17.4 Å². The second-order valence-electron chi connectivity index (χ2n) is 10.6. The number of ether oxygens (including phenoxy) is 1. The summed E-state index contributed by atoms with van der Waals surface area (Å²) in [5.74, 6) is 2.85. The minimum atomic E-state index is -0.972. The van der Waals surface area contributed by atoms with Crippen LogP contribution < -0.4 is 10.1 Å². The molecule has 0 amide bonds. The molecule has 2 heterocycles. The Morgan fingerprint density at radius 1 is 1.02 bits per heavy atom. The predicted molar refractivity (Wildman–Crippen MR) is 177 cm³/mol. The van der Waals surface area contributed by atoms with E-state index in [0.29, 0.717) is 27.9 Å². The van der Waals surface area contributed by atoms with Crippen molar-refractivity contribution in [2.24, 2.45) is 0 Å². The van der Waals surface area contributed by atoms with Gasteiger partial charge in [-0.2, -0.15) is 0 Å². The zero-order valence-corrected chi connectivity index (χ0v) is 26.6. The third-order valence-corrected chi connectivity index (χ3v) is 8.29. The van der Waals surface area contributed by atoms with Gasteiger partial charge in [0.25, 0.3) is 0 Å². The van der Waals surface area contributed by atoms with E-state index in [-0.39, 0.29) is 18.5 Å². The highest BCUT2D eigenvalue weighted by molar-refractivity contribution is 7.84. The van der Waals surface area contributed by atoms with Crippen molar-refractivity contribution in [2.75, 3.05) is 30.4 Å². The molecule has 5 aromatic rings. The molecular weight excluding hydrogens is 599 g/mol. The largest absolute Gasteiger partial charge is 0.487 e. The van der Waals surface area contributed by atoms with Gasteiger partial charge in [0.05, 0.1) is 16.6 Å². The molecule has 0 radical (unpaired) electrons. The molecule has 1 N–H and O–H groups in total. The average molecular weight is 635 g/mol. The number of nitrogens with zero attached hydrogens (tertiary/aromatic N) is 3. The van der Waals surface area contributed by atoms with Crippen molar-refractivity contribution in [2.45, 2.75) is 39.3 Å². The van der Waals surface area contributed by atoms with E-state index >= 15 is 0 Å². The Hall–Kier alpha value is -3.79. The van der Waals surface area contributed by atoms with E-state index in [1.165, 1.54) is 18.5 Å². The lowest BCUT2D eigenvalue weighted by Gasteiger charge is -2.29. The lowest BCUT2D eigenvalue weighted by molar-refractivity contribution is 0.192. The van der Waals surface area contributed by atoms with Crippen molar-refractivity contribution < 1.29 is 17.8 Å². The zero-order valence-electron chi connectivity index (χ0n) is 25.1. The maximum absolute atomic E-state index is 13.5. The maximum atomic E-state index is 13.5. The Labute approximate surface area is 264 Å². The number of hydrogen-bond donors (Lipinski definition) is 1. The van der Waals surface area contributed by atoms with Crippen LogP contribution in [0.4, 0.5) is 15.9 Å². The smallest absolute Gasteiger partial charge is 0.141 e. The zero-order chi connectivity index (χ0) is 31.1. The van der Waals surface area contributed by atoms with E-state index in [1.54, 1.807) is 30.5 Å². The van der Waals surface area contributed by atoms with Gasteiger partial charge in [-0.3, -0.25) is 9.11 Å². The number of hydrogen-bond acceptors (Lipinski definition) is 7. The second-order valence-corrected chi connectivity index (χ2v) is 12.5. The summed E-state index contributed by atoms with van der Waals surface area (Å²) in [5, 5.41) is 4.58. The molecule has 0 saturated carbocycles. The molecule has 0 bridgehead atoms. The fraction of sp³-hybridized carbons (Fsp3) is 0.294. The quantitative estimate of drug-likeness (QED) is 0.131.